The molecule has 8 heteroatoms. The van der Waals surface area contributed by atoms with Crippen LogP contribution in [0.3, 0.4) is 0 Å². The highest BCUT2D eigenvalue weighted by atomic mass is 16.5. The monoisotopic (exact) mass is 503 g/mol. The van der Waals surface area contributed by atoms with Crippen LogP contribution in [0.15, 0.2) is 60.7 Å². The van der Waals surface area contributed by atoms with E-state index in [9.17, 15) is 15.2 Å². The van der Waals surface area contributed by atoms with Crippen LogP contribution in [0.2, 0.25) is 0 Å². The van der Waals surface area contributed by atoms with E-state index in [-0.39, 0.29) is 11.6 Å². The molecule has 8 nitrogen and oxygen atoms in total. The van der Waals surface area contributed by atoms with Crippen molar-refractivity contribution in [1.82, 2.24) is 14.5 Å². The average Bonchev–Trinajstić information content (AvgIpc) is 3.29. The summed E-state index contributed by atoms with van der Waals surface area (Å²) >= 11 is 0. The number of aromatic nitrogens is 3. The fourth-order valence-corrected chi connectivity index (χ4v) is 5.21. The molecule has 0 saturated carbocycles. The lowest BCUT2D eigenvalue weighted by Crippen LogP contribution is -2.13. The van der Waals surface area contributed by atoms with Gasteiger partial charge in [0.15, 0.2) is 0 Å². The molecule has 0 radical (unpaired) electrons. The third-order valence-electron chi connectivity index (χ3n) is 6.99. The Labute approximate surface area is 219 Å². The second kappa shape index (κ2) is 9.20. The molecule has 2 N–H and O–H groups in total. The zero-order chi connectivity index (χ0) is 26.4. The first-order valence-electron chi connectivity index (χ1n) is 12.5. The quantitative estimate of drug-likeness (QED) is 0.299. The third kappa shape index (κ3) is 3.98. The van der Waals surface area contributed by atoms with Crippen LogP contribution in [-0.2, 0) is 6.54 Å². The van der Waals surface area contributed by atoms with Gasteiger partial charge in [-0.25, -0.2) is 9.78 Å². The van der Waals surface area contributed by atoms with E-state index in [1.54, 1.807) is 18.2 Å². The maximum absolute atomic E-state index is 11.7. The second-order valence-corrected chi connectivity index (χ2v) is 9.59. The smallest absolute Gasteiger partial charge is 0.337 e. The van der Waals surface area contributed by atoms with Crippen molar-refractivity contribution < 1.29 is 14.6 Å². The Morgan fingerprint density at radius 3 is 2.79 bits per heavy atom. The van der Waals surface area contributed by atoms with Crippen molar-refractivity contribution in [2.45, 2.75) is 32.9 Å². The molecule has 6 rings (SSSR count). The van der Waals surface area contributed by atoms with Gasteiger partial charge in [-0.2, -0.15) is 10.2 Å². The van der Waals surface area contributed by atoms with Gasteiger partial charge in [0, 0.05) is 29.2 Å². The predicted molar refractivity (Wildman–Crippen MR) is 145 cm³/mol. The number of anilines is 1. The van der Waals surface area contributed by atoms with Crippen molar-refractivity contribution in [3.63, 3.8) is 0 Å². The molecular formula is C30H25N5O3. The highest BCUT2D eigenvalue weighted by molar-refractivity contribution is 5.95. The summed E-state index contributed by atoms with van der Waals surface area (Å²) in [5, 5.41) is 23.9. The molecule has 188 valence electrons. The van der Waals surface area contributed by atoms with Crippen molar-refractivity contribution in [3.05, 3.63) is 83.0 Å². The van der Waals surface area contributed by atoms with Gasteiger partial charge in [-0.05, 0) is 73.4 Å². The molecule has 0 spiro atoms. The number of nitriles is 1. The maximum atomic E-state index is 11.7. The summed E-state index contributed by atoms with van der Waals surface area (Å²) in [7, 11) is 0. The standard InChI is InChI=1S/C30H25N5O3/c1-17-12-21(18(2)32-24-7-4-3-6-20(24)29(36)37)23-15-22(27(16-31)33-25(23)13-17)19-8-9-28-26(14-19)34-30-35(28)10-5-11-38-30/h3-4,6-9,12-15,18,32H,5,10-11H2,1-2H3,(H,36,37). The minimum absolute atomic E-state index is 0.210. The number of para-hydroxylation sites is 1. The SMILES string of the molecule is Cc1cc(C(C)Nc2ccccc2C(=O)O)c2cc(-c3ccc4c(c3)nc3n4CCCO3)c(C#N)nc2c1. The van der Waals surface area contributed by atoms with E-state index >= 15 is 0 Å². The number of hydrogen-bond donors (Lipinski definition) is 2. The molecule has 0 fully saturated rings. The zero-order valence-corrected chi connectivity index (χ0v) is 21.0. The number of aryl methyl sites for hydroxylation is 2. The largest absolute Gasteiger partial charge is 0.478 e. The number of aromatic carboxylic acids is 1. The fraction of sp³-hybridized carbons (Fsp3) is 0.200. The van der Waals surface area contributed by atoms with Gasteiger partial charge < -0.3 is 15.2 Å². The van der Waals surface area contributed by atoms with E-state index in [2.05, 4.69) is 27.0 Å². The van der Waals surface area contributed by atoms with Crippen molar-refractivity contribution in [2.75, 3.05) is 11.9 Å². The van der Waals surface area contributed by atoms with Gasteiger partial charge >= 0.3 is 5.97 Å². The number of rotatable bonds is 5. The number of nitrogens with one attached hydrogen (secondary N) is 1. The summed E-state index contributed by atoms with van der Waals surface area (Å²) in [4.78, 5) is 21.1. The summed E-state index contributed by atoms with van der Waals surface area (Å²) < 4.78 is 7.80. The molecule has 5 aromatic rings. The van der Waals surface area contributed by atoms with Gasteiger partial charge in [-0.1, -0.05) is 24.3 Å². The summed E-state index contributed by atoms with van der Waals surface area (Å²) in [6, 6.07) is 21.6. The highest BCUT2D eigenvalue weighted by Gasteiger charge is 2.20. The molecule has 0 amide bonds. The van der Waals surface area contributed by atoms with Gasteiger partial charge in [0.05, 0.1) is 28.7 Å². The first-order chi connectivity index (χ1) is 18.4. The Hall–Kier alpha value is -4.90. The lowest BCUT2D eigenvalue weighted by Gasteiger charge is -2.20. The van der Waals surface area contributed by atoms with E-state index in [0.717, 1.165) is 51.6 Å². The van der Waals surface area contributed by atoms with Crippen molar-refractivity contribution in [1.29, 1.82) is 5.26 Å². The number of ether oxygens (including phenoxy) is 1. The minimum Gasteiger partial charge on any atom is -0.478 e. The molecule has 0 bridgehead atoms. The van der Waals surface area contributed by atoms with E-state index < -0.39 is 5.97 Å². The number of nitrogens with zero attached hydrogens (tertiary/aromatic N) is 4. The number of carboxylic acid groups (broad SMARTS) is 1. The average molecular weight is 504 g/mol. The van der Waals surface area contributed by atoms with Crippen molar-refractivity contribution in [2.24, 2.45) is 0 Å². The zero-order valence-electron chi connectivity index (χ0n) is 21.0. The molecule has 3 heterocycles. The van der Waals surface area contributed by atoms with Crippen LogP contribution in [0.1, 0.15) is 46.6 Å². The van der Waals surface area contributed by atoms with Crippen molar-refractivity contribution >= 4 is 33.6 Å². The van der Waals surface area contributed by atoms with Gasteiger partial charge in [-0.3, -0.25) is 4.57 Å². The van der Waals surface area contributed by atoms with E-state index in [1.165, 1.54) is 0 Å². The molecule has 1 unspecified atom stereocenters. The second-order valence-electron chi connectivity index (χ2n) is 9.59. The summed E-state index contributed by atoms with van der Waals surface area (Å²) in [6.07, 6.45) is 0.943. The highest BCUT2D eigenvalue weighted by Crippen LogP contribution is 2.35. The molecule has 0 saturated heterocycles. The number of pyridine rings is 1. The molecule has 1 aliphatic rings. The summed E-state index contributed by atoms with van der Waals surface area (Å²) in [6.45, 7) is 5.50. The molecular weight excluding hydrogens is 478 g/mol. The number of hydrogen-bond acceptors (Lipinski definition) is 6. The minimum atomic E-state index is -0.987. The van der Waals surface area contributed by atoms with Gasteiger partial charge in [-0.15, -0.1) is 0 Å². The van der Waals surface area contributed by atoms with Crippen LogP contribution in [0, 0.1) is 18.3 Å². The molecule has 3 aromatic carbocycles. The van der Waals surface area contributed by atoms with Crippen LogP contribution >= 0.6 is 0 Å². The summed E-state index contributed by atoms with van der Waals surface area (Å²) in [5.41, 5.74) is 7.15. The van der Waals surface area contributed by atoms with Gasteiger partial charge in [0.25, 0.3) is 6.01 Å². The van der Waals surface area contributed by atoms with Crippen LogP contribution < -0.4 is 10.1 Å². The number of carboxylic acids is 1. The third-order valence-corrected chi connectivity index (χ3v) is 6.99. The molecule has 1 aliphatic heterocycles. The number of fused-ring (bicyclic) bond motifs is 4. The summed E-state index contributed by atoms with van der Waals surface area (Å²) in [5.74, 6) is -0.987. The van der Waals surface area contributed by atoms with Crippen molar-refractivity contribution in [3.8, 4) is 23.2 Å². The van der Waals surface area contributed by atoms with Crippen LogP contribution in [-0.4, -0.2) is 32.2 Å². The number of benzene rings is 3. The number of imidazole rings is 1. The Balaban J connectivity index is 1.48. The predicted octanol–water partition coefficient (Wildman–Crippen LogP) is 6.09. The van der Waals surface area contributed by atoms with Crippen LogP contribution in [0.5, 0.6) is 6.01 Å². The van der Waals surface area contributed by atoms with E-state index in [1.807, 2.05) is 50.2 Å². The topological polar surface area (TPSA) is 113 Å². The van der Waals surface area contributed by atoms with Gasteiger partial charge in [0.2, 0.25) is 0 Å². The Morgan fingerprint density at radius 1 is 1.13 bits per heavy atom. The lowest BCUT2D eigenvalue weighted by atomic mass is 9.95. The number of carbonyl (C=O) groups is 1. The fourth-order valence-electron chi connectivity index (χ4n) is 5.21. The normalized spacial score (nSPS) is 13.5. The van der Waals surface area contributed by atoms with Crippen LogP contribution in [0.4, 0.5) is 5.69 Å². The Morgan fingerprint density at radius 2 is 1.97 bits per heavy atom. The molecule has 2 aromatic heterocycles. The van der Waals surface area contributed by atoms with Crippen LogP contribution in [0.25, 0.3) is 33.1 Å². The maximum Gasteiger partial charge on any atom is 0.337 e. The molecule has 0 aliphatic carbocycles. The first kappa shape index (κ1) is 23.5. The first-order valence-corrected chi connectivity index (χ1v) is 12.5. The molecule has 1 atom stereocenters. The lowest BCUT2D eigenvalue weighted by molar-refractivity contribution is 0.0698. The Kier molecular flexibility index (Phi) is 5.69. The molecule has 38 heavy (non-hydrogen) atoms. The van der Waals surface area contributed by atoms with E-state index in [0.29, 0.717) is 29.5 Å². The van der Waals surface area contributed by atoms with Gasteiger partial charge in [0.1, 0.15) is 11.8 Å². The Bertz CT molecular complexity index is 1780. The van der Waals surface area contributed by atoms with E-state index in [4.69, 9.17) is 9.72 Å².